The van der Waals surface area contributed by atoms with Crippen LogP contribution in [0.5, 0.6) is 0 Å². The summed E-state index contributed by atoms with van der Waals surface area (Å²) in [5.74, 6) is 0. The highest BCUT2D eigenvalue weighted by atomic mass is 32.2. The molecule has 6 nitrogen and oxygen atoms in total. The van der Waals surface area contributed by atoms with Crippen molar-refractivity contribution < 1.29 is 8.42 Å². The summed E-state index contributed by atoms with van der Waals surface area (Å²) in [6, 6.07) is 5.25. The lowest BCUT2D eigenvalue weighted by Gasteiger charge is -2.32. The van der Waals surface area contributed by atoms with Gasteiger partial charge in [0, 0.05) is 32.7 Å². The van der Waals surface area contributed by atoms with Crippen molar-refractivity contribution in [2.24, 2.45) is 0 Å². The van der Waals surface area contributed by atoms with Crippen molar-refractivity contribution in [1.82, 2.24) is 20.1 Å². The fraction of sp³-hybridized carbons (Fsp3) is 0.571. The molecule has 118 valence electrons. The lowest BCUT2D eigenvalue weighted by Crippen LogP contribution is -2.52. The molecule has 21 heavy (non-hydrogen) atoms. The predicted molar refractivity (Wildman–Crippen MR) is 83.3 cm³/mol. The summed E-state index contributed by atoms with van der Waals surface area (Å²) >= 11 is 0. The zero-order chi connectivity index (χ0) is 15.5. The minimum atomic E-state index is -3.51. The smallest absolute Gasteiger partial charge is 0.253 e. The normalized spacial score (nSPS) is 18.0. The summed E-state index contributed by atoms with van der Waals surface area (Å²) in [7, 11) is 0.383. The summed E-state index contributed by atoms with van der Waals surface area (Å²) < 4.78 is 24.9. The molecule has 0 spiro atoms. The minimum Gasteiger partial charge on any atom is -0.316 e. The van der Waals surface area contributed by atoms with Crippen LogP contribution >= 0.6 is 0 Å². The first-order chi connectivity index (χ1) is 9.92. The van der Waals surface area contributed by atoms with Crippen LogP contribution < -0.4 is 10.1 Å². The van der Waals surface area contributed by atoms with Crippen LogP contribution in [-0.2, 0) is 16.6 Å². The van der Waals surface area contributed by atoms with Gasteiger partial charge in [0.1, 0.15) is 0 Å². The van der Waals surface area contributed by atoms with E-state index in [-0.39, 0.29) is 0 Å². The standard InChI is InChI=1S/C14H24N4O2S/c1-12-4-5-14(10-13(12)11-15-2)21(19,20)16-18-8-6-17(3)7-9-18/h4-5,10,15-16H,6-9,11H2,1-3H3. The number of nitrogens with one attached hydrogen (secondary N) is 2. The molecule has 0 bridgehead atoms. The van der Waals surface area contributed by atoms with Gasteiger partial charge in [0.15, 0.2) is 0 Å². The number of aryl methyl sites for hydroxylation is 1. The molecule has 0 aliphatic carbocycles. The number of hydrazine groups is 1. The first-order valence-electron chi connectivity index (χ1n) is 7.12. The first kappa shape index (κ1) is 16.4. The van der Waals surface area contributed by atoms with Gasteiger partial charge in [0.2, 0.25) is 0 Å². The maximum atomic E-state index is 12.5. The van der Waals surface area contributed by atoms with Crippen molar-refractivity contribution in [3.63, 3.8) is 0 Å². The van der Waals surface area contributed by atoms with Gasteiger partial charge >= 0.3 is 0 Å². The van der Waals surface area contributed by atoms with E-state index in [4.69, 9.17) is 0 Å². The molecule has 2 rings (SSSR count). The highest BCUT2D eigenvalue weighted by Gasteiger charge is 2.21. The van der Waals surface area contributed by atoms with Gasteiger partial charge in [-0.3, -0.25) is 0 Å². The molecule has 2 N–H and O–H groups in total. The average Bonchev–Trinajstić information content (AvgIpc) is 2.43. The minimum absolute atomic E-state index is 0.317. The second-order valence-electron chi connectivity index (χ2n) is 5.50. The van der Waals surface area contributed by atoms with E-state index >= 15 is 0 Å². The molecule has 1 aliphatic rings. The number of piperazine rings is 1. The lowest BCUT2D eigenvalue weighted by atomic mass is 10.1. The van der Waals surface area contributed by atoms with Crippen LogP contribution in [0, 0.1) is 6.92 Å². The van der Waals surface area contributed by atoms with Crippen LogP contribution in [0.2, 0.25) is 0 Å². The summed E-state index contributed by atoms with van der Waals surface area (Å²) in [6.07, 6.45) is 0. The van der Waals surface area contributed by atoms with Crippen LogP contribution in [-0.4, -0.2) is 58.6 Å². The van der Waals surface area contributed by atoms with Gasteiger partial charge in [0.25, 0.3) is 10.0 Å². The Bertz CT molecular complexity index is 581. The molecule has 0 aromatic heterocycles. The molecular formula is C14H24N4O2S. The highest BCUT2D eigenvalue weighted by molar-refractivity contribution is 7.89. The van der Waals surface area contributed by atoms with E-state index in [1.54, 1.807) is 17.1 Å². The number of likely N-dealkylation sites (N-methyl/N-ethyl adjacent to an activating group) is 1. The van der Waals surface area contributed by atoms with Gasteiger partial charge in [-0.2, -0.15) is 0 Å². The molecule has 1 heterocycles. The Morgan fingerprint density at radius 3 is 2.48 bits per heavy atom. The molecule has 1 aromatic rings. The van der Waals surface area contributed by atoms with Gasteiger partial charge in [-0.1, -0.05) is 6.07 Å². The van der Waals surface area contributed by atoms with E-state index in [9.17, 15) is 8.42 Å². The van der Waals surface area contributed by atoms with Gasteiger partial charge in [-0.25, -0.2) is 13.4 Å². The molecule has 0 amide bonds. The Morgan fingerprint density at radius 1 is 1.19 bits per heavy atom. The molecule has 0 radical (unpaired) electrons. The number of sulfonamides is 1. The average molecular weight is 312 g/mol. The number of hydrogen-bond donors (Lipinski definition) is 2. The third-order valence-corrected chi connectivity index (χ3v) is 5.12. The third kappa shape index (κ3) is 4.24. The number of nitrogens with zero attached hydrogens (tertiary/aromatic N) is 2. The van der Waals surface area contributed by atoms with Crippen molar-refractivity contribution in [1.29, 1.82) is 0 Å². The van der Waals surface area contributed by atoms with Gasteiger partial charge < -0.3 is 10.2 Å². The molecule has 7 heteroatoms. The second-order valence-corrected chi connectivity index (χ2v) is 7.16. The summed E-state index contributed by atoms with van der Waals surface area (Å²) in [6.45, 7) is 5.76. The van der Waals surface area contributed by atoms with Crippen LogP contribution in [0.25, 0.3) is 0 Å². The van der Waals surface area contributed by atoms with E-state index in [1.165, 1.54) is 0 Å². The number of rotatable bonds is 5. The maximum Gasteiger partial charge on any atom is 0.253 e. The van der Waals surface area contributed by atoms with E-state index in [1.807, 2.05) is 27.1 Å². The van der Waals surface area contributed by atoms with E-state index < -0.39 is 10.0 Å². The summed E-state index contributed by atoms with van der Waals surface area (Å²) in [5, 5.41) is 4.83. The fourth-order valence-corrected chi connectivity index (χ4v) is 3.49. The van der Waals surface area contributed by atoms with E-state index in [0.717, 1.165) is 24.2 Å². The zero-order valence-corrected chi connectivity index (χ0v) is 13.7. The Kier molecular flexibility index (Phi) is 5.34. The molecule has 0 saturated carbocycles. The van der Waals surface area contributed by atoms with Crippen LogP contribution in [0.4, 0.5) is 0 Å². The lowest BCUT2D eigenvalue weighted by molar-refractivity contribution is 0.135. The Labute approximate surface area is 127 Å². The molecule has 0 unspecified atom stereocenters. The van der Waals surface area contributed by atoms with Crippen LogP contribution in [0.3, 0.4) is 0 Å². The zero-order valence-electron chi connectivity index (χ0n) is 12.9. The monoisotopic (exact) mass is 312 g/mol. The molecule has 1 aliphatic heterocycles. The molecule has 0 atom stereocenters. The van der Waals surface area contributed by atoms with Gasteiger partial charge in [-0.05, 0) is 44.3 Å². The summed E-state index contributed by atoms with van der Waals surface area (Å²) in [4.78, 5) is 5.18. The van der Waals surface area contributed by atoms with E-state index in [2.05, 4.69) is 15.0 Å². The summed E-state index contributed by atoms with van der Waals surface area (Å²) in [5.41, 5.74) is 2.08. The van der Waals surface area contributed by atoms with Gasteiger partial charge in [0.05, 0.1) is 4.90 Å². The Morgan fingerprint density at radius 2 is 1.86 bits per heavy atom. The van der Waals surface area contributed by atoms with Crippen molar-refractivity contribution in [3.8, 4) is 0 Å². The van der Waals surface area contributed by atoms with E-state index in [0.29, 0.717) is 24.5 Å². The first-order valence-corrected chi connectivity index (χ1v) is 8.61. The van der Waals surface area contributed by atoms with Gasteiger partial charge in [-0.15, -0.1) is 4.83 Å². The van der Waals surface area contributed by atoms with Crippen LogP contribution in [0.15, 0.2) is 23.1 Å². The molecule has 1 fully saturated rings. The molecule has 1 aromatic carbocycles. The predicted octanol–water partition coefficient (Wildman–Crippen LogP) is 0.155. The molecule has 1 saturated heterocycles. The largest absolute Gasteiger partial charge is 0.316 e. The van der Waals surface area contributed by atoms with Crippen molar-refractivity contribution >= 4 is 10.0 Å². The SMILES string of the molecule is CNCc1cc(S(=O)(=O)NN2CCN(C)CC2)ccc1C. The second kappa shape index (κ2) is 6.85. The fourth-order valence-electron chi connectivity index (χ4n) is 2.32. The molecular weight excluding hydrogens is 288 g/mol. The maximum absolute atomic E-state index is 12.5. The van der Waals surface area contributed by atoms with Crippen molar-refractivity contribution in [2.45, 2.75) is 18.4 Å². The number of hydrogen-bond acceptors (Lipinski definition) is 5. The Balaban J connectivity index is 2.13. The van der Waals surface area contributed by atoms with Crippen molar-refractivity contribution in [2.75, 3.05) is 40.3 Å². The topological polar surface area (TPSA) is 64.7 Å². The number of benzene rings is 1. The van der Waals surface area contributed by atoms with Crippen molar-refractivity contribution in [3.05, 3.63) is 29.3 Å². The van der Waals surface area contributed by atoms with Crippen LogP contribution in [0.1, 0.15) is 11.1 Å². The third-order valence-electron chi connectivity index (χ3n) is 3.75. The highest BCUT2D eigenvalue weighted by Crippen LogP contribution is 2.16. The quantitative estimate of drug-likeness (QED) is 0.811. The Hall–Kier alpha value is -0.990.